The Kier molecular flexibility index (Phi) is 7.51. The van der Waals surface area contributed by atoms with Gasteiger partial charge in [0.15, 0.2) is 0 Å². The molecule has 0 atom stereocenters. The van der Waals surface area contributed by atoms with Crippen LogP contribution in [0, 0.1) is 0 Å². The lowest BCUT2D eigenvalue weighted by Gasteiger charge is -2.48. The number of aliphatic imine (C=N–C) groups is 1. The molecule has 0 unspecified atom stereocenters. The van der Waals surface area contributed by atoms with Crippen LogP contribution in [0.3, 0.4) is 0 Å². The Hall–Kier alpha value is -4.53. The molecule has 3 aliphatic heterocycles. The Bertz CT molecular complexity index is 2380. The predicted octanol–water partition coefficient (Wildman–Crippen LogP) is 10.7. The van der Waals surface area contributed by atoms with E-state index in [9.17, 15) is 14.7 Å². The number of carboxylic acid groups (broad SMARTS) is 1. The molecule has 0 radical (unpaired) electrons. The maximum Gasteiger partial charge on any atom is 0.345 e. The fourth-order valence-electron chi connectivity index (χ4n) is 7.70. The van der Waals surface area contributed by atoms with Gasteiger partial charge in [-0.1, -0.05) is 41.5 Å². The van der Waals surface area contributed by atoms with Crippen molar-refractivity contribution in [2.75, 3.05) is 18.0 Å². The molecule has 0 fully saturated rings. The van der Waals surface area contributed by atoms with Gasteiger partial charge in [0.2, 0.25) is 0 Å². The maximum atomic E-state index is 13.6. The monoisotopic (exact) mass is 700 g/mol. The van der Waals surface area contributed by atoms with E-state index in [0.717, 1.165) is 73.4 Å². The van der Waals surface area contributed by atoms with Gasteiger partial charge in [-0.15, -0.1) is 22.7 Å². The van der Waals surface area contributed by atoms with Gasteiger partial charge < -0.3 is 14.4 Å². The van der Waals surface area contributed by atoms with Crippen LogP contribution in [0.25, 0.3) is 39.6 Å². The molecule has 3 aromatic heterocycles. The molecule has 0 amide bonds. The summed E-state index contributed by atoms with van der Waals surface area (Å²) in [5.41, 5.74) is 7.40. The first-order valence-corrected chi connectivity index (χ1v) is 18.8. The summed E-state index contributed by atoms with van der Waals surface area (Å²) in [5, 5.41) is 10.4. The van der Waals surface area contributed by atoms with Gasteiger partial charge >= 0.3 is 11.6 Å². The summed E-state index contributed by atoms with van der Waals surface area (Å²) in [5.74, 6) is -0.933. The van der Waals surface area contributed by atoms with Crippen LogP contribution in [0.5, 0.6) is 0 Å². The summed E-state index contributed by atoms with van der Waals surface area (Å²) >= 11 is 3.27. The van der Waals surface area contributed by atoms with Crippen molar-refractivity contribution in [1.29, 1.82) is 0 Å². The first-order chi connectivity index (χ1) is 23.7. The molecule has 254 valence electrons. The van der Waals surface area contributed by atoms with Crippen molar-refractivity contribution >= 4 is 74.9 Å². The van der Waals surface area contributed by atoms with Crippen LogP contribution in [-0.4, -0.2) is 29.9 Å². The molecule has 0 aliphatic carbocycles. The smallest absolute Gasteiger partial charge is 0.345 e. The second-order valence-corrected chi connectivity index (χ2v) is 17.8. The van der Waals surface area contributed by atoms with E-state index in [1.165, 1.54) is 16.8 Å². The number of carbonyl (C=O) groups is 1. The lowest BCUT2D eigenvalue weighted by atomic mass is 9.69. The highest BCUT2D eigenvalue weighted by Gasteiger charge is 2.42. The number of nitrogens with zero attached hydrogens (tertiary/aromatic N) is 2. The number of hydrogen-bond acceptors (Lipinski definition) is 7. The van der Waals surface area contributed by atoms with Crippen molar-refractivity contribution in [3.8, 4) is 10.4 Å². The number of fused-ring (bicyclic) bond motifs is 3. The molecule has 3 aliphatic rings. The topological polar surface area (TPSA) is 83.1 Å². The fraction of sp³-hybridized carbons (Fsp3) is 0.310. The molecule has 8 heteroatoms. The lowest BCUT2D eigenvalue weighted by molar-refractivity contribution is 0.0696. The Labute approximate surface area is 300 Å². The number of benzene rings is 2. The molecular formula is C42H40N2O4S2. The quantitative estimate of drug-likeness (QED) is 0.178. The van der Waals surface area contributed by atoms with E-state index < -0.39 is 5.97 Å². The van der Waals surface area contributed by atoms with E-state index in [2.05, 4.69) is 88.9 Å². The van der Waals surface area contributed by atoms with Gasteiger partial charge in [0.1, 0.15) is 5.58 Å². The van der Waals surface area contributed by atoms with Crippen molar-refractivity contribution in [1.82, 2.24) is 0 Å². The molecule has 50 heavy (non-hydrogen) atoms. The summed E-state index contributed by atoms with van der Waals surface area (Å²) in [4.78, 5) is 36.6. The molecule has 6 heterocycles. The highest BCUT2D eigenvalue weighted by atomic mass is 32.1. The van der Waals surface area contributed by atoms with Gasteiger partial charge in [0.05, 0.1) is 22.5 Å². The van der Waals surface area contributed by atoms with E-state index in [4.69, 9.17) is 9.41 Å². The third kappa shape index (κ3) is 5.40. The summed E-state index contributed by atoms with van der Waals surface area (Å²) in [6.45, 7) is 15.5. The summed E-state index contributed by atoms with van der Waals surface area (Å²) in [6.07, 6.45) is 10.4. The zero-order valence-electron chi connectivity index (χ0n) is 29.2. The zero-order valence-corrected chi connectivity index (χ0v) is 30.8. The van der Waals surface area contributed by atoms with Crippen molar-refractivity contribution < 1.29 is 14.3 Å². The third-order valence-electron chi connectivity index (χ3n) is 10.9. The summed E-state index contributed by atoms with van der Waals surface area (Å²) in [6, 6.07) is 17.7. The molecule has 0 spiro atoms. The first kappa shape index (κ1) is 32.7. The average Bonchev–Trinajstić information content (AvgIpc) is 3.79. The van der Waals surface area contributed by atoms with Crippen molar-refractivity contribution in [2.45, 2.75) is 70.6 Å². The minimum Gasteiger partial charge on any atom is -0.478 e. The third-order valence-corrected chi connectivity index (χ3v) is 13.0. The SMILES string of the molecule is CC1(C)CCN2CCC(C)(C)c3c2c1cc1cc(-c2ccc(/C=C/c4ccc(/C=C/C5=Nc6ccc(C(=O)O)cc6C5(C)C)s4)s2)c(=O)oc31. The second kappa shape index (κ2) is 11.5. The highest BCUT2D eigenvalue weighted by molar-refractivity contribution is 7.16. The minimum atomic E-state index is -0.933. The van der Waals surface area contributed by atoms with Crippen LogP contribution in [-0.2, 0) is 16.2 Å². The van der Waals surface area contributed by atoms with E-state index in [-0.39, 0.29) is 27.4 Å². The maximum absolute atomic E-state index is 13.6. The molecule has 6 nitrogen and oxygen atoms in total. The highest BCUT2D eigenvalue weighted by Crippen LogP contribution is 2.52. The Morgan fingerprint density at radius 1 is 0.820 bits per heavy atom. The number of aromatic carboxylic acids is 1. The second-order valence-electron chi connectivity index (χ2n) is 15.5. The van der Waals surface area contributed by atoms with Crippen LogP contribution >= 0.6 is 22.7 Å². The van der Waals surface area contributed by atoms with Crippen LogP contribution in [0.15, 0.2) is 74.9 Å². The van der Waals surface area contributed by atoms with Crippen molar-refractivity contribution in [3.05, 3.63) is 108 Å². The number of hydrogen-bond donors (Lipinski definition) is 1. The summed E-state index contributed by atoms with van der Waals surface area (Å²) < 4.78 is 6.24. The van der Waals surface area contributed by atoms with Crippen LogP contribution in [0.4, 0.5) is 11.4 Å². The molecule has 8 rings (SSSR count). The summed E-state index contributed by atoms with van der Waals surface area (Å²) in [7, 11) is 0. The fourth-order valence-corrected chi connectivity index (χ4v) is 9.43. The van der Waals surface area contributed by atoms with Crippen molar-refractivity contribution in [2.24, 2.45) is 4.99 Å². The van der Waals surface area contributed by atoms with Gasteiger partial charge in [-0.2, -0.15) is 0 Å². The Balaban J connectivity index is 1.04. The number of thiophene rings is 2. The lowest BCUT2D eigenvalue weighted by Crippen LogP contribution is -2.44. The van der Waals surface area contributed by atoms with E-state index in [0.29, 0.717) is 5.56 Å². The molecule has 2 aromatic carbocycles. The van der Waals surface area contributed by atoms with Gasteiger partial charge in [-0.3, -0.25) is 4.99 Å². The number of anilines is 1. The largest absolute Gasteiger partial charge is 0.478 e. The van der Waals surface area contributed by atoms with Gasteiger partial charge in [0.25, 0.3) is 0 Å². The molecule has 1 N–H and O–H groups in total. The average molecular weight is 701 g/mol. The molecule has 5 aromatic rings. The minimum absolute atomic E-state index is 0.0534. The van der Waals surface area contributed by atoms with E-state index in [1.807, 2.05) is 18.2 Å². The van der Waals surface area contributed by atoms with Crippen molar-refractivity contribution in [3.63, 3.8) is 0 Å². The standard InChI is InChI=1S/C42H40N2O4S2/c1-40(2)17-19-44-20-18-41(3,4)35-36(44)31(40)23-25-21-29(39(47)48-37(25)35)33-15-12-28(50-33)11-10-26-8-9-27(49-26)13-16-34-42(5,6)30-22-24(38(45)46)7-14-32(30)43-34/h7-16,21-23H,17-20H2,1-6H3,(H,45,46)/b11-10+,16-13+. The molecular weight excluding hydrogens is 661 g/mol. The van der Waals surface area contributed by atoms with Gasteiger partial charge in [-0.25, -0.2) is 9.59 Å². The molecule has 0 bridgehead atoms. The van der Waals surface area contributed by atoms with Gasteiger partial charge in [-0.05, 0) is 114 Å². The molecule has 0 saturated carbocycles. The Morgan fingerprint density at radius 3 is 2.20 bits per heavy atom. The van der Waals surface area contributed by atoms with E-state index in [1.54, 1.807) is 40.9 Å². The molecule has 0 saturated heterocycles. The predicted molar refractivity (Wildman–Crippen MR) is 209 cm³/mol. The number of allylic oxidation sites excluding steroid dienone is 1. The van der Waals surface area contributed by atoms with Crippen LogP contribution in [0.2, 0.25) is 0 Å². The Morgan fingerprint density at radius 2 is 1.48 bits per heavy atom. The zero-order chi connectivity index (χ0) is 35.2. The van der Waals surface area contributed by atoms with Crippen LogP contribution < -0.4 is 10.5 Å². The first-order valence-electron chi connectivity index (χ1n) is 17.2. The number of rotatable bonds is 6. The van der Waals surface area contributed by atoms with Crippen LogP contribution in [0.1, 0.15) is 96.1 Å². The van der Waals surface area contributed by atoms with E-state index >= 15 is 0 Å². The van der Waals surface area contributed by atoms with Gasteiger partial charge in [0, 0.05) is 54.7 Å². The number of carboxylic acids is 1. The normalized spacial score (nSPS) is 18.5.